The third-order valence-electron chi connectivity index (χ3n) is 2.33. The van der Waals surface area contributed by atoms with Crippen LogP contribution in [0.25, 0.3) is 0 Å². The summed E-state index contributed by atoms with van der Waals surface area (Å²) in [6, 6.07) is 2.21. The molecular weight excluding hydrogens is 328 g/mol. The molecule has 78 valence electrons. The molecule has 1 fully saturated rings. The molecule has 14 heavy (non-hydrogen) atoms. The zero-order valence-electron chi connectivity index (χ0n) is 7.72. The largest absolute Gasteiger partial charge is 0.314 e. The lowest BCUT2D eigenvalue weighted by atomic mass is 10.3. The Morgan fingerprint density at radius 3 is 2.64 bits per heavy atom. The predicted octanol–water partition coefficient (Wildman–Crippen LogP) is 2.68. The van der Waals surface area contributed by atoms with E-state index in [4.69, 9.17) is 0 Å². The van der Waals surface area contributed by atoms with E-state index < -0.39 is 0 Å². The summed E-state index contributed by atoms with van der Waals surface area (Å²) in [5, 5.41) is 3.36. The quantitative estimate of drug-likeness (QED) is 0.891. The Bertz CT molecular complexity index is 308. The van der Waals surface area contributed by atoms with Gasteiger partial charge in [-0.25, -0.2) is 0 Å². The summed E-state index contributed by atoms with van der Waals surface area (Å²) in [6.07, 6.45) is 0. The highest BCUT2D eigenvalue weighted by Crippen LogP contribution is 2.32. The summed E-state index contributed by atoms with van der Waals surface area (Å²) in [6.45, 7) is 5.59. The molecule has 2 nitrogen and oxygen atoms in total. The van der Waals surface area contributed by atoms with Crippen molar-refractivity contribution in [1.29, 1.82) is 0 Å². The van der Waals surface area contributed by atoms with Crippen LogP contribution in [0, 0.1) is 0 Å². The second-order valence-electron chi connectivity index (χ2n) is 3.38. The van der Waals surface area contributed by atoms with Crippen molar-refractivity contribution in [3.63, 3.8) is 0 Å². The molecule has 2 rings (SSSR count). The van der Waals surface area contributed by atoms with Crippen LogP contribution in [0.5, 0.6) is 0 Å². The lowest BCUT2D eigenvalue weighted by Crippen LogP contribution is -2.42. The summed E-state index contributed by atoms with van der Waals surface area (Å²) in [5.74, 6) is 0. The van der Waals surface area contributed by atoms with Crippen LogP contribution < -0.4 is 5.32 Å². The molecule has 0 bridgehead atoms. The standard InChI is InChI=1S/C9H12Br2N2S/c10-8-5-7(9(11)14-8)6-13-3-1-12-2-4-13/h5,12H,1-4,6H2. The van der Waals surface area contributed by atoms with Crippen LogP contribution in [0.2, 0.25) is 0 Å². The van der Waals surface area contributed by atoms with E-state index in [2.05, 4.69) is 48.1 Å². The van der Waals surface area contributed by atoms with Gasteiger partial charge >= 0.3 is 0 Å². The Morgan fingerprint density at radius 2 is 2.07 bits per heavy atom. The first kappa shape index (κ1) is 11.1. The Kier molecular flexibility index (Phi) is 4.01. The fraction of sp³-hybridized carbons (Fsp3) is 0.556. The Hall–Kier alpha value is 0.580. The van der Waals surface area contributed by atoms with Crippen molar-refractivity contribution in [3.05, 3.63) is 19.2 Å². The third-order valence-corrected chi connectivity index (χ3v) is 4.79. The van der Waals surface area contributed by atoms with Crippen molar-refractivity contribution >= 4 is 43.2 Å². The highest BCUT2D eigenvalue weighted by atomic mass is 79.9. The Morgan fingerprint density at radius 1 is 1.36 bits per heavy atom. The highest BCUT2D eigenvalue weighted by molar-refractivity contribution is 9.12. The summed E-state index contributed by atoms with van der Waals surface area (Å²) < 4.78 is 2.46. The molecule has 0 spiro atoms. The third kappa shape index (κ3) is 2.79. The molecule has 1 aliphatic heterocycles. The van der Waals surface area contributed by atoms with E-state index in [0.29, 0.717) is 0 Å². The van der Waals surface area contributed by atoms with E-state index in [1.54, 1.807) is 11.3 Å². The normalized spacial score (nSPS) is 18.7. The first-order valence-corrected chi connectivity index (χ1v) is 7.03. The number of piperazine rings is 1. The molecular formula is C9H12Br2N2S. The average molecular weight is 340 g/mol. The Balaban J connectivity index is 1.98. The second kappa shape index (κ2) is 5.07. The Labute approximate surface area is 105 Å². The van der Waals surface area contributed by atoms with E-state index in [-0.39, 0.29) is 0 Å². The minimum Gasteiger partial charge on any atom is -0.314 e. The molecule has 0 amide bonds. The molecule has 1 N–H and O–H groups in total. The van der Waals surface area contributed by atoms with Gasteiger partial charge < -0.3 is 5.32 Å². The van der Waals surface area contributed by atoms with Gasteiger partial charge in [-0.1, -0.05) is 0 Å². The number of thiophene rings is 1. The van der Waals surface area contributed by atoms with Gasteiger partial charge in [-0.2, -0.15) is 0 Å². The van der Waals surface area contributed by atoms with Crippen LogP contribution in [0.1, 0.15) is 5.56 Å². The van der Waals surface area contributed by atoms with E-state index in [0.717, 1.165) is 32.7 Å². The summed E-state index contributed by atoms with van der Waals surface area (Å²) in [4.78, 5) is 2.48. The van der Waals surface area contributed by atoms with E-state index in [9.17, 15) is 0 Å². The van der Waals surface area contributed by atoms with Gasteiger partial charge in [0.05, 0.1) is 7.57 Å². The summed E-state index contributed by atoms with van der Waals surface area (Å²) in [5.41, 5.74) is 1.39. The lowest BCUT2D eigenvalue weighted by Gasteiger charge is -2.26. The van der Waals surface area contributed by atoms with Crippen LogP contribution >= 0.6 is 43.2 Å². The molecule has 0 atom stereocenters. The number of hydrogen-bond acceptors (Lipinski definition) is 3. The van der Waals surface area contributed by atoms with Crippen LogP contribution in [0.3, 0.4) is 0 Å². The predicted molar refractivity (Wildman–Crippen MR) is 67.9 cm³/mol. The van der Waals surface area contributed by atoms with Crippen LogP contribution in [-0.4, -0.2) is 31.1 Å². The van der Waals surface area contributed by atoms with Crippen molar-refractivity contribution in [3.8, 4) is 0 Å². The van der Waals surface area contributed by atoms with Gasteiger partial charge in [0, 0.05) is 32.7 Å². The van der Waals surface area contributed by atoms with Gasteiger partial charge in [0.2, 0.25) is 0 Å². The van der Waals surface area contributed by atoms with E-state index in [1.807, 2.05) is 0 Å². The monoisotopic (exact) mass is 338 g/mol. The van der Waals surface area contributed by atoms with Gasteiger partial charge in [0.15, 0.2) is 0 Å². The maximum Gasteiger partial charge on any atom is 0.0755 e. The number of hydrogen-bond donors (Lipinski definition) is 1. The molecule has 0 radical (unpaired) electrons. The van der Waals surface area contributed by atoms with Crippen LogP contribution in [-0.2, 0) is 6.54 Å². The zero-order chi connectivity index (χ0) is 9.97. The van der Waals surface area contributed by atoms with Crippen molar-refractivity contribution in [2.24, 2.45) is 0 Å². The smallest absolute Gasteiger partial charge is 0.0755 e. The molecule has 0 saturated carbocycles. The summed E-state index contributed by atoms with van der Waals surface area (Å²) >= 11 is 8.84. The number of nitrogens with zero attached hydrogens (tertiary/aromatic N) is 1. The maximum atomic E-state index is 3.59. The summed E-state index contributed by atoms with van der Waals surface area (Å²) in [7, 11) is 0. The van der Waals surface area contributed by atoms with Gasteiger partial charge in [-0.15, -0.1) is 11.3 Å². The molecule has 1 aromatic heterocycles. The average Bonchev–Trinajstić information content (AvgIpc) is 2.47. The molecule has 0 aromatic carbocycles. The molecule has 2 heterocycles. The fourth-order valence-electron chi connectivity index (χ4n) is 1.59. The molecule has 0 unspecified atom stereocenters. The van der Waals surface area contributed by atoms with Crippen LogP contribution in [0.15, 0.2) is 13.6 Å². The minimum atomic E-state index is 1.06. The number of nitrogens with one attached hydrogen (secondary N) is 1. The van der Waals surface area contributed by atoms with Gasteiger partial charge in [-0.3, -0.25) is 4.90 Å². The van der Waals surface area contributed by atoms with Crippen molar-refractivity contribution < 1.29 is 0 Å². The molecule has 0 aliphatic carbocycles. The zero-order valence-corrected chi connectivity index (χ0v) is 11.7. The van der Waals surface area contributed by atoms with Gasteiger partial charge in [0.1, 0.15) is 0 Å². The minimum absolute atomic E-state index is 1.06. The van der Waals surface area contributed by atoms with Crippen molar-refractivity contribution in [2.75, 3.05) is 26.2 Å². The second-order valence-corrected chi connectivity index (χ2v) is 7.12. The van der Waals surface area contributed by atoms with Crippen molar-refractivity contribution in [1.82, 2.24) is 10.2 Å². The molecule has 1 saturated heterocycles. The SMILES string of the molecule is Brc1cc(CN2CCNCC2)c(Br)s1. The van der Waals surface area contributed by atoms with Crippen molar-refractivity contribution in [2.45, 2.75) is 6.54 Å². The first-order chi connectivity index (χ1) is 6.75. The van der Waals surface area contributed by atoms with Gasteiger partial charge in [-0.05, 0) is 43.5 Å². The number of halogens is 2. The topological polar surface area (TPSA) is 15.3 Å². The lowest BCUT2D eigenvalue weighted by molar-refractivity contribution is 0.233. The van der Waals surface area contributed by atoms with Crippen LogP contribution in [0.4, 0.5) is 0 Å². The highest BCUT2D eigenvalue weighted by Gasteiger charge is 2.13. The van der Waals surface area contributed by atoms with Gasteiger partial charge in [0.25, 0.3) is 0 Å². The first-order valence-electron chi connectivity index (χ1n) is 4.62. The molecule has 1 aliphatic rings. The van der Waals surface area contributed by atoms with E-state index in [1.165, 1.54) is 13.1 Å². The number of rotatable bonds is 2. The maximum absolute atomic E-state index is 3.59. The fourth-order valence-corrected chi connectivity index (χ4v) is 4.40. The molecule has 1 aromatic rings. The van der Waals surface area contributed by atoms with E-state index >= 15 is 0 Å². The molecule has 5 heteroatoms.